The second kappa shape index (κ2) is 8.77. The van der Waals surface area contributed by atoms with E-state index in [1.807, 2.05) is 44.3 Å². The molecule has 1 N–H and O–H groups in total. The number of piperidine rings is 1. The quantitative estimate of drug-likeness (QED) is 0.497. The molecule has 5 heterocycles. The van der Waals surface area contributed by atoms with E-state index in [-0.39, 0.29) is 11.8 Å². The molecule has 0 radical (unpaired) electrons. The maximum Gasteiger partial charge on any atom is 0.228 e. The van der Waals surface area contributed by atoms with E-state index in [9.17, 15) is 4.79 Å². The summed E-state index contributed by atoms with van der Waals surface area (Å²) in [7, 11) is 0. The number of carbonyl (C=O) groups excluding carboxylic acids is 1. The third kappa shape index (κ3) is 4.43. The van der Waals surface area contributed by atoms with Gasteiger partial charge in [-0.1, -0.05) is 0 Å². The maximum absolute atomic E-state index is 12.9. The number of carbonyl (C=O) groups is 1. The smallest absolute Gasteiger partial charge is 0.228 e. The highest BCUT2D eigenvalue weighted by Crippen LogP contribution is 2.23. The van der Waals surface area contributed by atoms with E-state index in [0.717, 1.165) is 43.1 Å². The van der Waals surface area contributed by atoms with Crippen molar-refractivity contribution in [2.45, 2.75) is 26.7 Å². The van der Waals surface area contributed by atoms with Gasteiger partial charge in [0, 0.05) is 43.2 Å². The van der Waals surface area contributed by atoms with Gasteiger partial charge in [0.1, 0.15) is 12.1 Å². The van der Waals surface area contributed by atoms with Crippen LogP contribution >= 0.6 is 0 Å². The lowest BCUT2D eigenvalue weighted by atomic mass is 9.96. The van der Waals surface area contributed by atoms with E-state index in [4.69, 9.17) is 0 Å². The molecular formula is C22H24N10O. The minimum absolute atomic E-state index is 0.0345. The first-order valence-corrected chi connectivity index (χ1v) is 10.8. The van der Waals surface area contributed by atoms with Crippen LogP contribution in [-0.2, 0) is 4.79 Å². The molecule has 0 bridgehead atoms. The van der Waals surface area contributed by atoms with Crippen LogP contribution in [0.1, 0.15) is 24.2 Å². The molecule has 1 amide bonds. The van der Waals surface area contributed by atoms with Gasteiger partial charge in [-0.05, 0) is 51.0 Å². The summed E-state index contributed by atoms with van der Waals surface area (Å²) >= 11 is 0. The van der Waals surface area contributed by atoms with E-state index in [1.54, 1.807) is 21.6 Å². The lowest BCUT2D eigenvalue weighted by Gasteiger charge is -2.31. The Morgan fingerprint density at radius 2 is 1.82 bits per heavy atom. The highest BCUT2D eigenvalue weighted by molar-refractivity contribution is 5.92. The zero-order valence-electron chi connectivity index (χ0n) is 18.5. The molecule has 0 atom stereocenters. The van der Waals surface area contributed by atoms with Crippen LogP contribution in [0.25, 0.3) is 11.6 Å². The summed E-state index contributed by atoms with van der Waals surface area (Å²) in [5.41, 5.74) is 1.88. The maximum atomic E-state index is 12.9. The van der Waals surface area contributed by atoms with Crippen molar-refractivity contribution in [3.8, 4) is 11.6 Å². The predicted molar refractivity (Wildman–Crippen MR) is 121 cm³/mol. The molecule has 11 heteroatoms. The molecule has 0 aliphatic carbocycles. The minimum atomic E-state index is -0.0929. The summed E-state index contributed by atoms with van der Waals surface area (Å²) in [6.07, 6.45) is 6.42. The third-order valence-corrected chi connectivity index (χ3v) is 5.70. The average Bonchev–Trinajstić information content (AvgIpc) is 3.49. The fraction of sp³-hybridized carbons (Fsp3) is 0.318. The van der Waals surface area contributed by atoms with Crippen molar-refractivity contribution in [3.63, 3.8) is 0 Å². The van der Waals surface area contributed by atoms with Gasteiger partial charge in [-0.2, -0.15) is 10.2 Å². The summed E-state index contributed by atoms with van der Waals surface area (Å²) in [6.45, 7) is 5.35. The number of anilines is 2. The molecule has 0 saturated carbocycles. The Labute approximate surface area is 190 Å². The second-order valence-corrected chi connectivity index (χ2v) is 8.05. The number of nitrogens with zero attached hydrogens (tertiary/aromatic N) is 9. The Bertz CT molecular complexity index is 1240. The minimum Gasteiger partial charge on any atom is -0.355 e. The highest BCUT2D eigenvalue weighted by atomic mass is 16.2. The standard InChI is InChI=1S/C22H24N10O/c1-15-12-16(2)32(29-15)21-13-18(23-14-24-21)26-22(33)17-6-10-30(11-7-17)19-4-5-20(28-27-19)31-9-3-8-25-31/h3-5,8-9,12-14,17H,6-7,10-11H2,1-2H3,(H,23,24,26,33). The van der Waals surface area contributed by atoms with Crippen LogP contribution in [0.2, 0.25) is 0 Å². The Hall–Kier alpha value is -4.15. The Morgan fingerprint density at radius 3 is 2.48 bits per heavy atom. The lowest BCUT2D eigenvalue weighted by molar-refractivity contribution is -0.120. The van der Waals surface area contributed by atoms with E-state index in [2.05, 4.69) is 40.6 Å². The molecule has 4 aromatic heterocycles. The molecule has 4 aromatic rings. The van der Waals surface area contributed by atoms with E-state index in [1.165, 1.54) is 6.33 Å². The first-order chi connectivity index (χ1) is 16.1. The van der Waals surface area contributed by atoms with Crippen molar-refractivity contribution >= 4 is 17.5 Å². The van der Waals surface area contributed by atoms with Crippen molar-refractivity contribution in [3.05, 3.63) is 60.4 Å². The molecule has 33 heavy (non-hydrogen) atoms. The number of hydrogen-bond acceptors (Lipinski definition) is 8. The number of nitrogens with one attached hydrogen (secondary N) is 1. The molecule has 1 fully saturated rings. The van der Waals surface area contributed by atoms with Gasteiger partial charge in [0.25, 0.3) is 0 Å². The van der Waals surface area contributed by atoms with Crippen LogP contribution < -0.4 is 10.2 Å². The van der Waals surface area contributed by atoms with Gasteiger partial charge in [-0.25, -0.2) is 19.3 Å². The van der Waals surface area contributed by atoms with Crippen LogP contribution in [-0.4, -0.2) is 58.7 Å². The van der Waals surface area contributed by atoms with Crippen LogP contribution in [0.15, 0.2) is 49.1 Å². The van der Waals surface area contributed by atoms with Crippen LogP contribution in [0.5, 0.6) is 0 Å². The molecule has 0 unspecified atom stereocenters. The molecule has 0 spiro atoms. The number of aromatic nitrogens is 8. The number of amides is 1. The zero-order valence-corrected chi connectivity index (χ0v) is 18.5. The second-order valence-electron chi connectivity index (χ2n) is 8.05. The fourth-order valence-corrected chi connectivity index (χ4v) is 4.00. The molecule has 11 nitrogen and oxygen atoms in total. The zero-order chi connectivity index (χ0) is 22.8. The third-order valence-electron chi connectivity index (χ3n) is 5.70. The monoisotopic (exact) mass is 444 g/mol. The van der Waals surface area contributed by atoms with Crippen molar-refractivity contribution in [2.75, 3.05) is 23.3 Å². The first-order valence-electron chi connectivity index (χ1n) is 10.8. The van der Waals surface area contributed by atoms with Crippen LogP contribution in [0, 0.1) is 19.8 Å². The topological polar surface area (TPSA) is 120 Å². The molecule has 1 aliphatic rings. The predicted octanol–water partition coefficient (Wildman–Crippen LogP) is 2.11. The van der Waals surface area contributed by atoms with Gasteiger partial charge in [-0.3, -0.25) is 4.79 Å². The molecule has 5 rings (SSSR count). The largest absolute Gasteiger partial charge is 0.355 e. The van der Waals surface area contributed by atoms with Gasteiger partial charge >= 0.3 is 0 Å². The van der Waals surface area contributed by atoms with E-state index in [0.29, 0.717) is 17.5 Å². The normalized spacial score (nSPS) is 14.4. The number of aryl methyl sites for hydroxylation is 2. The van der Waals surface area contributed by atoms with Crippen molar-refractivity contribution < 1.29 is 4.79 Å². The Kier molecular flexibility index (Phi) is 5.51. The van der Waals surface area contributed by atoms with Gasteiger partial charge in [-0.15, -0.1) is 10.2 Å². The van der Waals surface area contributed by atoms with Gasteiger partial charge in [0.2, 0.25) is 5.91 Å². The van der Waals surface area contributed by atoms with Gasteiger partial charge in [0.15, 0.2) is 17.5 Å². The Balaban J connectivity index is 1.19. The van der Waals surface area contributed by atoms with Crippen LogP contribution in [0.3, 0.4) is 0 Å². The first kappa shape index (κ1) is 20.7. The summed E-state index contributed by atoms with van der Waals surface area (Å²) < 4.78 is 3.41. The molecular weight excluding hydrogens is 420 g/mol. The summed E-state index contributed by atoms with van der Waals surface area (Å²) in [5, 5.41) is 20.1. The lowest BCUT2D eigenvalue weighted by Crippen LogP contribution is -2.38. The van der Waals surface area contributed by atoms with Crippen molar-refractivity contribution in [2.24, 2.45) is 5.92 Å². The van der Waals surface area contributed by atoms with E-state index >= 15 is 0 Å². The van der Waals surface area contributed by atoms with E-state index < -0.39 is 0 Å². The number of rotatable bonds is 5. The number of hydrogen-bond donors (Lipinski definition) is 1. The van der Waals surface area contributed by atoms with Crippen molar-refractivity contribution in [1.82, 2.24) is 39.7 Å². The summed E-state index contributed by atoms with van der Waals surface area (Å²) in [5.74, 6) is 2.44. The Morgan fingerprint density at radius 1 is 1.03 bits per heavy atom. The fourth-order valence-electron chi connectivity index (χ4n) is 4.00. The summed E-state index contributed by atoms with van der Waals surface area (Å²) in [6, 6.07) is 9.38. The average molecular weight is 445 g/mol. The molecule has 1 saturated heterocycles. The summed E-state index contributed by atoms with van der Waals surface area (Å²) in [4.78, 5) is 23.5. The van der Waals surface area contributed by atoms with Crippen LogP contribution in [0.4, 0.5) is 11.6 Å². The molecule has 168 valence electrons. The van der Waals surface area contributed by atoms with Gasteiger partial charge in [0.05, 0.1) is 5.69 Å². The van der Waals surface area contributed by atoms with Gasteiger partial charge < -0.3 is 10.2 Å². The molecule has 0 aromatic carbocycles. The molecule has 1 aliphatic heterocycles. The highest BCUT2D eigenvalue weighted by Gasteiger charge is 2.26. The SMILES string of the molecule is Cc1cc(C)n(-c2cc(NC(=O)C3CCN(c4ccc(-n5cccn5)nn4)CC3)ncn2)n1. The van der Waals surface area contributed by atoms with Crippen molar-refractivity contribution in [1.29, 1.82) is 0 Å².